The molecule has 4 heteroatoms. The first-order valence-corrected chi connectivity index (χ1v) is 6.08. The van der Waals surface area contributed by atoms with Crippen molar-refractivity contribution >= 4 is 17.5 Å². The van der Waals surface area contributed by atoms with Crippen LogP contribution in [0, 0.1) is 18.7 Å². The Hall–Kier alpha value is -1.09. The van der Waals surface area contributed by atoms with Gasteiger partial charge < -0.3 is 4.90 Å². The quantitative estimate of drug-likeness (QED) is 0.796. The van der Waals surface area contributed by atoms with Crippen LogP contribution in [0.1, 0.15) is 18.1 Å². The molecule has 0 spiro atoms. The van der Waals surface area contributed by atoms with Gasteiger partial charge in [-0.2, -0.15) is 0 Å². The standard InChI is InChI=1S/C13H15ClFNO/c1-8-6-16(7-8)12(17)5-10-3-4-11(14)13(15)9(10)2/h3-4,8H,5-7H2,1-2H3. The second-order valence-electron chi connectivity index (χ2n) is 4.73. The van der Waals surface area contributed by atoms with E-state index in [4.69, 9.17) is 11.6 Å². The first kappa shape index (κ1) is 12.4. The van der Waals surface area contributed by atoms with Crippen LogP contribution in [0.2, 0.25) is 5.02 Å². The summed E-state index contributed by atoms with van der Waals surface area (Å²) in [5.74, 6) is 0.226. The third-order valence-electron chi connectivity index (χ3n) is 3.21. The van der Waals surface area contributed by atoms with Gasteiger partial charge in [-0.3, -0.25) is 4.79 Å². The second kappa shape index (κ2) is 4.65. The van der Waals surface area contributed by atoms with Gasteiger partial charge in [-0.1, -0.05) is 24.6 Å². The first-order valence-electron chi connectivity index (χ1n) is 5.70. The molecule has 0 aliphatic carbocycles. The predicted octanol–water partition coefficient (Wildman–Crippen LogP) is 2.81. The monoisotopic (exact) mass is 255 g/mol. The van der Waals surface area contributed by atoms with E-state index in [0.717, 1.165) is 18.7 Å². The van der Waals surface area contributed by atoms with Crippen molar-refractivity contribution in [3.05, 3.63) is 34.1 Å². The van der Waals surface area contributed by atoms with Crippen molar-refractivity contribution in [2.75, 3.05) is 13.1 Å². The molecule has 0 unspecified atom stereocenters. The minimum absolute atomic E-state index is 0.0629. The summed E-state index contributed by atoms with van der Waals surface area (Å²) in [5.41, 5.74) is 1.19. The topological polar surface area (TPSA) is 20.3 Å². The summed E-state index contributed by atoms with van der Waals surface area (Å²) in [5, 5.41) is 0.108. The van der Waals surface area contributed by atoms with Gasteiger partial charge in [-0.05, 0) is 30.0 Å². The number of carbonyl (C=O) groups excluding carboxylic acids is 1. The van der Waals surface area contributed by atoms with Crippen molar-refractivity contribution in [3.8, 4) is 0 Å². The maximum atomic E-state index is 13.5. The van der Waals surface area contributed by atoms with Crippen molar-refractivity contribution in [2.24, 2.45) is 5.92 Å². The Morgan fingerprint density at radius 1 is 1.53 bits per heavy atom. The SMILES string of the molecule is Cc1c(CC(=O)N2CC(C)C2)ccc(Cl)c1F. The Balaban J connectivity index is 2.09. The largest absolute Gasteiger partial charge is 0.342 e. The second-order valence-corrected chi connectivity index (χ2v) is 5.13. The van der Waals surface area contributed by atoms with Crippen LogP contribution in [-0.2, 0) is 11.2 Å². The van der Waals surface area contributed by atoms with Gasteiger partial charge >= 0.3 is 0 Å². The van der Waals surface area contributed by atoms with Gasteiger partial charge in [-0.15, -0.1) is 0 Å². The Morgan fingerprint density at radius 3 is 2.76 bits per heavy atom. The molecule has 17 heavy (non-hydrogen) atoms. The normalized spacial score (nSPS) is 15.9. The number of hydrogen-bond donors (Lipinski definition) is 0. The molecule has 0 atom stereocenters. The molecule has 1 aromatic carbocycles. The number of nitrogens with zero attached hydrogens (tertiary/aromatic N) is 1. The van der Waals surface area contributed by atoms with Crippen LogP contribution in [0.3, 0.4) is 0 Å². The van der Waals surface area contributed by atoms with Crippen molar-refractivity contribution in [1.82, 2.24) is 4.90 Å². The molecule has 0 radical (unpaired) electrons. The van der Waals surface area contributed by atoms with E-state index in [-0.39, 0.29) is 17.4 Å². The molecule has 0 aromatic heterocycles. The summed E-state index contributed by atoms with van der Waals surface area (Å²) < 4.78 is 13.5. The Labute approximate surface area is 105 Å². The molecule has 1 aliphatic rings. The summed E-state index contributed by atoms with van der Waals surface area (Å²) in [7, 11) is 0. The van der Waals surface area contributed by atoms with Crippen LogP contribution in [0.25, 0.3) is 0 Å². The highest BCUT2D eigenvalue weighted by Crippen LogP contribution is 2.23. The number of amides is 1. The van der Waals surface area contributed by atoms with E-state index in [2.05, 4.69) is 6.92 Å². The molecule has 1 heterocycles. The maximum Gasteiger partial charge on any atom is 0.227 e. The average molecular weight is 256 g/mol. The molecule has 0 N–H and O–H groups in total. The molecule has 1 saturated heterocycles. The summed E-state index contributed by atoms with van der Waals surface area (Å²) in [6.45, 7) is 5.39. The lowest BCUT2D eigenvalue weighted by atomic mass is 9.99. The maximum absolute atomic E-state index is 13.5. The van der Waals surface area contributed by atoms with Gasteiger partial charge in [-0.25, -0.2) is 4.39 Å². The lowest BCUT2D eigenvalue weighted by Gasteiger charge is -2.37. The molecule has 0 bridgehead atoms. The molecule has 1 aromatic rings. The molecule has 1 fully saturated rings. The van der Waals surface area contributed by atoms with Gasteiger partial charge in [0.1, 0.15) is 5.82 Å². The van der Waals surface area contributed by atoms with E-state index in [1.807, 2.05) is 0 Å². The Bertz CT molecular complexity index is 455. The van der Waals surface area contributed by atoms with Crippen molar-refractivity contribution in [2.45, 2.75) is 20.3 Å². The minimum Gasteiger partial charge on any atom is -0.342 e. The molecule has 92 valence electrons. The third kappa shape index (κ3) is 2.44. The number of rotatable bonds is 2. The van der Waals surface area contributed by atoms with Crippen molar-refractivity contribution in [1.29, 1.82) is 0 Å². The van der Waals surface area contributed by atoms with Crippen LogP contribution in [-0.4, -0.2) is 23.9 Å². The molecule has 1 amide bonds. The predicted molar refractivity (Wildman–Crippen MR) is 65.6 cm³/mol. The van der Waals surface area contributed by atoms with Crippen molar-refractivity contribution < 1.29 is 9.18 Å². The fraction of sp³-hybridized carbons (Fsp3) is 0.462. The van der Waals surface area contributed by atoms with Crippen LogP contribution in [0.15, 0.2) is 12.1 Å². The van der Waals surface area contributed by atoms with E-state index in [9.17, 15) is 9.18 Å². The Kier molecular flexibility index (Phi) is 3.38. The fourth-order valence-corrected chi connectivity index (χ4v) is 2.27. The lowest BCUT2D eigenvalue weighted by molar-refractivity contribution is -0.136. The summed E-state index contributed by atoms with van der Waals surface area (Å²) in [6.07, 6.45) is 0.257. The fourth-order valence-electron chi connectivity index (χ4n) is 2.06. The van der Waals surface area contributed by atoms with E-state index < -0.39 is 5.82 Å². The van der Waals surface area contributed by atoms with E-state index in [1.165, 1.54) is 6.07 Å². The summed E-state index contributed by atoms with van der Waals surface area (Å²) in [4.78, 5) is 13.7. The van der Waals surface area contributed by atoms with Gasteiger partial charge in [0, 0.05) is 13.1 Å². The molecular weight excluding hydrogens is 241 g/mol. The molecule has 1 aliphatic heterocycles. The highest BCUT2D eigenvalue weighted by molar-refractivity contribution is 6.30. The zero-order valence-electron chi connectivity index (χ0n) is 9.96. The molecule has 2 rings (SSSR count). The van der Waals surface area contributed by atoms with E-state index in [0.29, 0.717) is 11.5 Å². The van der Waals surface area contributed by atoms with Crippen LogP contribution in [0.5, 0.6) is 0 Å². The number of hydrogen-bond acceptors (Lipinski definition) is 1. The van der Waals surface area contributed by atoms with E-state index in [1.54, 1.807) is 17.9 Å². The van der Waals surface area contributed by atoms with Gasteiger partial charge in [0.25, 0.3) is 0 Å². The van der Waals surface area contributed by atoms with Gasteiger partial charge in [0.05, 0.1) is 11.4 Å². The van der Waals surface area contributed by atoms with Crippen LogP contribution >= 0.6 is 11.6 Å². The molecule has 2 nitrogen and oxygen atoms in total. The zero-order valence-corrected chi connectivity index (χ0v) is 10.7. The third-order valence-corrected chi connectivity index (χ3v) is 3.50. The average Bonchev–Trinajstić information content (AvgIpc) is 2.25. The number of benzene rings is 1. The first-order chi connectivity index (χ1) is 7.99. The lowest BCUT2D eigenvalue weighted by Crippen LogP contribution is -2.49. The zero-order chi connectivity index (χ0) is 12.6. The summed E-state index contributed by atoms with van der Waals surface area (Å²) in [6, 6.07) is 3.23. The minimum atomic E-state index is -0.422. The van der Waals surface area contributed by atoms with Gasteiger partial charge in [0.15, 0.2) is 0 Å². The number of carbonyl (C=O) groups is 1. The van der Waals surface area contributed by atoms with Crippen molar-refractivity contribution in [3.63, 3.8) is 0 Å². The van der Waals surface area contributed by atoms with Crippen LogP contribution in [0.4, 0.5) is 4.39 Å². The highest BCUT2D eigenvalue weighted by Gasteiger charge is 2.27. The number of halogens is 2. The highest BCUT2D eigenvalue weighted by atomic mass is 35.5. The molecule has 0 saturated carbocycles. The smallest absolute Gasteiger partial charge is 0.227 e. The summed E-state index contributed by atoms with van der Waals surface area (Å²) >= 11 is 5.67. The van der Waals surface area contributed by atoms with Crippen LogP contribution < -0.4 is 0 Å². The van der Waals surface area contributed by atoms with Gasteiger partial charge in [0.2, 0.25) is 5.91 Å². The van der Waals surface area contributed by atoms with E-state index >= 15 is 0 Å². The number of likely N-dealkylation sites (tertiary alicyclic amines) is 1. The molecular formula is C13H15ClFNO. The Morgan fingerprint density at radius 2 is 2.18 bits per heavy atom.